The van der Waals surface area contributed by atoms with E-state index in [1.54, 1.807) is 14.0 Å². The molecule has 4 aliphatic rings. The number of amides is 1. The molecule has 0 aromatic heterocycles. The molecule has 0 aliphatic heterocycles. The van der Waals surface area contributed by atoms with E-state index in [0.29, 0.717) is 0 Å². The van der Waals surface area contributed by atoms with Crippen LogP contribution in [0.1, 0.15) is 66.2 Å². The van der Waals surface area contributed by atoms with Gasteiger partial charge in [0.25, 0.3) is 5.91 Å². The number of carbonyl (C=O) groups excluding carboxylic acids is 3. The molecule has 1 N–H and O–H groups in total. The molecule has 9 nitrogen and oxygen atoms in total. The van der Waals surface area contributed by atoms with Crippen molar-refractivity contribution in [1.82, 2.24) is 5.32 Å². The number of carbonyl (C=O) groups is 3. The number of allylic oxidation sites excluding steroid dienone is 1. The molecule has 1 amide bonds. The third kappa shape index (κ3) is 5.82. The number of nitrogens with zero attached hydrogens (tertiary/aromatic N) is 1. The smallest absolute Gasteiger partial charge is 0.328 e. The topological polar surface area (TPSA) is 113 Å². The first kappa shape index (κ1) is 27.9. The second kappa shape index (κ2) is 11.6. The molecule has 0 radical (unpaired) electrons. The lowest BCUT2D eigenvalue weighted by molar-refractivity contribution is -0.185. The van der Waals surface area contributed by atoms with Crippen molar-refractivity contribution in [3.05, 3.63) is 23.3 Å². The van der Waals surface area contributed by atoms with Gasteiger partial charge in [-0.15, -0.1) is 0 Å². The highest BCUT2D eigenvalue weighted by atomic mass is 16.6. The van der Waals surface area contributed by atoms with E-state index in [2.05, 4.69) is 17.0 Å². The number of hydrogen-bond acceptors (Lipinski definition) is 8. The molecule has 3 atom stereocenters. The van der Waals surface area contributed by atoms with Crippen molar-refractivity contribution >= 4 is 24.6 Å². The summed E-state index contributed by atoms with van der Waals surface area (Å²) in [6.07, 6.45) is 8.16. The van der Waals surface area contributed by atoms with E-state index in [1.165, 1.54) is 46.3 Å². The zero-order valence-electron chi connectivity index (χ0n) is 22.3. The Bertz CT molecular complexity index is 903. The summed E-state index contributed by atoms with van der Waals surface area (Å²) in [7, 11) is 3.06. The van der Waals surface area contributed by atoms with Crippen molar-refractivity contribution in [2.75, 3.05) is 14.2 Å². The van der Waals surface area contributed by atoms with Crippen LogP contribution in [0.2, 0.25) is 0 Å². The predicted octanol–water partition coefficient (Wildman–Crippen LogP) is 3.68. The second-order valence-corrected chi connectivity index (χ2v) is 10.6. The average Bonchev–Trinajstić information content (AvgIpc) is 2.79. The maximum Gasteiger partial charge on any atom is 0.328 e. The van der Waals surface area contributed by atoms with Crippen LogP contribution in [0.15, 0.2) is 28.3 Å². The van der Waals surface area contributed by atoms with Gasteiger partial charge in [-0.2, -0.15) is 0 Å². The Morgan fingerprint density at radius 1 is 1.06 bits per heavy atom. The lowest BCUT2D eigenvalue weighted by Gasteiger charge is -2.59. The van der Waals surface area contributed by atoms with E-state index >= 15 is 0 Å². The van der Waals surface area contributed by atoms with Gasteiger partial charge in [0.2, 0.25) is 5.76 Å². The fourth-order valence-corrected chi connectivity index (χ4v) is 7.08. The van der Waals surface area contributed by atoms with Crippen LogP contribution in [0.4, 0.5) is 0 Å². The molecule has 0 saturated heterocycles. The summed E-state index contributed by atoms with van der Waals surface area (Å²) in [5, 5.41) is 2.57. The molecular formula is C27H40N2O7. The maximum absolute atomic E-state index is 13.0. The fraction of sp³-hybridized carbons (Fsp3) is 0.704. The van der Waals surface area contributed by atoms with Gasteiger partial charge in [-0.1, -0.05) is 0 Å². The zero-order valence-corrected chi connectivity index (χ0v) is 22.3. The van der Waals surface area contributed by atoms with Crippen molar-refractivity contribution in [3.8, 4) is 0 Å². The minimum Gasteiger partial charge on any atom is -0.493 e. The molecule has 9 heteroatoms. The highest BCUT2D eigenvalue weighted by Crippen LogP contribution is 2.62. The number of rotatable bonds is 11. The van der Waals surface area contributed by atoms with Crippen molar-refractivity contribution in [3.63, 3.8) is 0 Å². The predicted molar refractivity (Wildman–Crippen MR) is 134 cm³/mol. The van der Waals surface area contributed by atoms with E-state index in [-0.39, 0.29) is 28.7 Å². The third-order valence-electron chi connectivity index (χ3n) is 7.91. The number of hydrogen-bond donors (Lipinski definition) is 1. The molecule has 4 bridgehead atoms. The second-order valence-electron chi connectivity index (χ2n) is 10.6. The van der Waals surface area contributed by atoms with E-state index < -0.39 is 30.0 Å². The number of nitrogens with one attached hydrogen (secondary N) is 1. The monoisotopic (exact) mass is 504 g/mol. The number of ether oxygens (including phenoxy) is 4. The number of methoxy groups -OCH3 is 2. The molecule has 0 heterocycles. The molecule has 36 heavy (non-hydrogen) atoms. The SMILES string of the molecule is C=N/C(C(=O)N[C@@H](C)C(=O)O[C@@H](C)[C@H](OC)C12CC3CC(CC(C3)C1)C2)=C(OC(C)=O)\C(=C/C)OC. The lowest BCUT2D eigenvalue weighted by Crippen LogP contribution is -2.56. The molecule has 4 fully saturated rings. The standard InChI is InChI=1S/C27H40N2O7/c1-8-21(33-6)23(36-17(4)30)22(28-5)25(31)29-15(2)26(32)35-16(3)24(34-7)27-12-18-9-19(13-27)11-20(10-18)14-27/h8,15-16,18-20,24H,5,9-14H2,1-4,6-7H3,(H,29,31)/b21-8+,23-22+/t15-,16-,18?,19?,20?,24-,27?/m0/s1. The van der Waals surface area contributed by atoms with Gasteiger partial charge >= 0.3 is 11.9 Å². The highest BCUT2D eigenvalue weighted by molar-refractivity contribution is 5.97. The molecule has 4 aliphatic carbocycles. The summed E-state index contributed by atoms with van der Waals surface area (Å²) in [6.45, 7) is 9.65. The first-order valence-corrected chi connectivity index (χ1v) is 12.7. The Balaban J connectivity index is 1.69. The summed E-state index contributed by atoms with van der Waals surface area (Å²) < 4.78 is 22.1. The fourth-order valence-electron chi connectivity index (χ4n) is 7.08. The minimum atomic E-state index is -0.985. The van der Waals surface area contributed by atoms with Crippen LogP contribution < -0.4 is 5.32 Å². The quantitative estimate of drug-likeness (QED) is 0.150. The molecule has 200 valence electrons. The van der Waals surface area contributed by atoms with Crippen LogP contribution in [0.25, 0.3) is 0 Å². The van der Waals surface area contributed by atoms with Crippen molar-refractivity contribution in [2.24, 2.45) is 28.2 Å². The van der Waals surface area contributed by atoms with Gasteiger partial charge in [-0.05, 0) is 89.8 Å². The van der Waals surface area contributed by atoms with E-state index in [4.69, 9.17) is 18.9 Å². The van der Waals surface area contributed by atoms with Crippen molar-refractivity contribution < 1.29 is 33.3 Å². The Morgan fingerprint density at radius 3 is 2.03 bits per heavy atom. The van der Waals surface area contributed by atoms with Crippen molar-refractivity contribution in [1.29, 1.82) is 0 Å². The van der Waals surface area contributed by atoms with Gasteiger partial charge in [0, 0.05) is 19.4 Å². The van der Waals surface area contributed by atoms with E-state index in [9.17, 15) is 14.4 Å². The van der Waals surface area contributed by atoms with Crippen LogP contribution in [0, 0.1) is 23.2 Å². The van der Waals surface area contributed by atoms with Crippen molar-refractivity contribution in [2.45, 2.75) is 84.5 Å². The largest absolute Gasteiger partial charge is 0.493 e. The van der Waals surface area contributed by atoms with Crippen LogP contribution in [0.3, 0.4) is 0 Å². The van der Waals surface area contributed by atoms with Gasteiger partial charge in [0.05, 0.1) is 13.2 Å². The summed E-state index contributed by atoms with van der Waals surface area (Å²) >= 11 is 0. The maximum atomic E-state index is 13.0. The van der Waals surface area contributed by atoms with Crippen LogP contribution in [-0.4, -0.2) is 57.0 Å². The van der Waals surface area contributed by atoms with E-state index in [0.717, 1.165) is 37.0 Å². The Hall–Kier alpha value is -2.68. The minimum absolute atomic E-state index is 0.0420. The molecule has 0 unspecified atom stereocenters. The van der Waals surface area contributed by atoms with Gasteiger partial charge in [0.1, 0.15) is 12.1 Å². The first-order valence-electron chi connectivity index (χ1n) is 12.7. The molecular weight excluding hydrogens is 464 g/mol. The summed E-state index contributed by atoms with van der Waals surface area (Å²) in [5.41, 5.74) is -0.239. The van der Waals surface area contributed by atoms with Crippen LogP contribution in [-0.2, 0) is 33.3 Å². The molecule has 0 aromatic carbocycles. The van der Waals surface area contributed by atoms with Gasteiger partial charge < -0.3 is 24.3 Å². The van der Waals surface area contributed by atoms with Crippen LogP contribution >= 0.6 is 0 Å². The highest BCUT2D eigenvalue weighted by Gasteiger charge is 2.56. The van der Waals surface area contributed by atoms with E-state index in [1.807, 2.05) is 6.92 Å². The molecule has 0 spiro atoms. The molecule has 4 saturated carbocycles. The summed E-state index contributed by atoms with van der Waals surface area (Å²) in [6, 6.07) is -0.985. The molecule has 4 rings (SSSR count). The van der Waals surface area contributed by atoms with Gasteiger partial charge in [-0.25, -0.2) is 4.79 Å². The Kier molecular flexibility index (Phi) is 8.98. The molecule has 0 aromatic rings. The lowest BCUT2D eigenvalue weighted by atomic mass is 9.47. The van der Waals surface area contributed by atoms with Gasteiger partial charge in [0.15, 0.2) is 11.5 Å². The first-order chi connectivity index (χ1) is 17.1. The average molecular weight is 505 g/mol. The normalized spacial score (nSPS) is 29.9. The number of aliphatic imine (C=N–C) groups is 1. The zero-order chi connectivity index (χ0) is 26.6. The van der Waals surface area contributed by atoms with Gasteiger partial charge in [-0.3, -0.25) is 14.6 Å². The Labute approximate surface area is 213 Å². The number of esters is 2. The Morgan fingerprint density at radius 2 is 1.61 bits per heavy atom. The summed E-state index contributed by atoms with van der Waals surface area (Å²) in [4.78, 5) is 41.2. The summed E-state index contributed by atoms with van der Waals surface area (Å²) in [5.74, 6) is 0.177. The van der Waals surface area contributed by atoms with Crippen LogP contribution in [0.5, 0.6) is 0 Å². The third-order valence-corrected chi connectivity index (χ3v) is 7.91.